The lowest BCUT2D eigenvalue weighted by atomic mass is 9.85. The van der Waals surface area contributed by atoms with Gasteiger partial charge in [0.1, 0.15) is 23.7 Å². The summed E-state index contributed by atoms with van der Waals surface area (Å²) in [6.07, 6.45) is 0.612. The molecule has 5 atom stereocenters. The van der Waals surface area contributed by atoms with E-state index in [1.165, 1.54) is 11.0 Å². The van der Waals surface area contributed by atoms with E-state index in [9.17, 15) is 28.8 Å². The van der Waals surface area contributed by atoms with Gasteiger partial charge in [0.05, 0.1) is 6.54 Å². The number of rotatable bonds is 12. The molecule has 47 heavy (non-hydrogen) atoms. The summed E-state index contributed by atoms with van der Waals surface area (Å²) >= 11 is 3.35. The van der Waals surface area contributed by atoms with Crippen LogP contribution < -0.4 is 21.3 Å². The highest BCUT2D eigenvalue weighted by atomic mass is 79.9. The summed E-state index contributed by atoms with van der Waals surface area (Å²) in [4.78, 5) is 80.3. The molecule has 13 heteroatoms. The monoisotopic (exact) mass is 717 g/mol. The van der Waals surface area contributed by atoms with Gasteiger partial charge >= 0.3 is 6.09 Å². The Morgan fingerprint density at radius 3 is 2.19 bits per heavy atom. The Hall–Kier alpha value is -3.74. The molecule has 3 rings (SSSR count). The number of nitrogens with zero attached hydrogens (tertiary/aromatic N) is 1. The predicted octanol–water partition coefficient (Wildman–Crippen LogP) is 3.23. The van der Waals surface area contributed by atoms with Crippen LogP contribution >= 0.6 is 15.9 Å². The van der Waals surface area contributed by atoms with Crippen molar-refractivity contribution in [2.24, 2.45) is 22.7 Å². The largest absolute Gasteiger partial charge is 0.444 e. The highest BCUT2D eigenvalue weighted by molar-refractivity contribution is 9.10. The maximum absolute atomic E-state index is 14.0. The van der Waals surface area contributed by atoms with Gasteiger partial charge in [-0.2, -0.15) is 0 Å². The van der Waals surface area contributed by atoms with Gasteiger partial charge in [0.2, 0.25) is 23.5 Å². The predicted molar refractivity (Wildman–Crippen MR) is 180 cm³/mol. The summed E-state index contributed by atoms with van der Waals surface area (Å²) in [6.45, 7) is 18.4. The first kappa shape index (κ1) is 37.7. The minimum atomic E-state index is -1.26. The molecular weight excluding hydrogens is 670 g/mol. The van der Waals surface area contributed by atoms with Gasteiger partial charge in [-0.15, -0.1) is 6.58 Å². The number of benzene rings is 1. The van der Waals surface area contributed by atoms with E-state index in [1.807, 2.05) is 38.1 Å². The molecule has 0 radical (unpaired) electrons. The molecule has 4 N–H and O–H groups in total. The zero-order chi connectivity index (χ0) is 35.5. The second kappa shape index (κ2) is 14.6. The second-order valence-electron chi connectivity index (χ2n) is 14.9. The van der Waals surface area contributed by atoms with E-state index < -0.39 is 71.2 Å². The van der Waals surface area contributed by atoms with E-state index in [1.54, 1.807) is 41.5 Å². The minimum absolute atomic E-state index is 0.0390. The number of piperidine rings is 1. The van der Waals surface area contributed by atoms with Gasteiger partial charge < -0.3 is 30.9 Å². The Bertz CT molecular complexity index is 1400. The van der Waals surface area contributed by atoms with Crippen molar-refractivity contribution in [3.63, 3.8) is 0 Å². The Balaban J connectivity index is 1.69. The van der Waals surface area contributed by atoms with Crippen LogP contribution in [0.2, 0.25) is 0 Å². The lowest BCUT2D eigenvalue weighted by Gasteiger charge is -2.38. The number of amides is 5. The first-order valence-corrected chi connectivity index (χ1v) is 16.5. The molecule has 5 amide bonds. The molecule has 1 aliphatic heterocycles. The first-order chi connectivity index (χ1) is 21.7. The number of carbonyl (C=O) groups excluding carboxylic acids is 6. The molecule has 0 aromatic heterocycles. The third kappa shape index (κ3) is 9.65. The number of likely N-dealkylation sites (tertiary alicyclic amines) is 1. The molecule has 1 aromatic rings. The van der Waals surface area contributed by atoms with Crippen molar-refractivity contribution in [3.8, 4) is 0 Å². The smallest absolute Gasteiger partial charge is 0.408 e. The summed E-state index contributed by atoms with van der Waals surface area (Å²) in [5.41, 5.74) is -0.873. The van der Waals surface area contributed by atoms with Gasteiger partial charge in [-0.1, -0.05) is 68.8 Å². The van der Waals surface area contributed by atoms with Gasteiger partial charge in [-0.25, -0.2) is 4.79 Å². The number of alkyl carbamates (subject to hydrolysis) is 1. The van der Waals surface area contributed by atoms with E-state index in [0.717, 1.165) is 10.0 Å². The van der Waals surface area contributed by atoms with Gasteiger partial charge in [0.15, 0.2) is 0 Å². The van der Waals surface area contributed by atoms with Crippen LogP contribution in [0.15, 0.2) is 41.4 Å². The van der Waals surface area contributed by atoms with Crippen LogP contribution in [0.4, 0.5) is 4.79 Å². The van der Waals surface area contributed by atoms with E-state index in [2.05, 4.69) is 43.8 Å². The molecule has 12 nitrogen and oxygen atoms in total. The van der Waals surface area contributed by atoms with Crippen LogP contribution in [0.3, 0.4) is 0 Å². The quantitative estimate of drug-likeness (QED) is 0.191. The normalized spacial score (nSPS) is 21.0. The molecule has 1 aromatic carbocycles. The average Bonchev–Trinajstić information content (AvgIpc) is 3.27. The van der Waals surface area contributed by atoms with E-state index in [-0.39, 0.29) is 30.2 Å². The molecule has 2 fully saturated rings. The number of halogens is 1. The van der Waals surface area contributed by atoms with Crippen LogP contribution in [-0.2, 0) is 35.3 Å². The highest BCUT2D eigenvalue weighted by Gasteiger charge is 2.70. The van der Waals surface area contributed by atoms with Crippen molar-refractivity contribution in [2.45, 2.75) is 92.1 Å². The van der Waals surface area contributed by atoms with Gasteiger partial charge in [0, 0.05) is 17.6 Å². The number of fused-ring (bicyclic) bond motifs is 1. The van der Waals surface area contributed by atoms with Crippen LogP contribution in [0.25, 0.3) is 0 Å². The zero-order valence-electron chi connectivity index (χ0n) is 28.5. The maximum Gasteiger partial charge on any atom is 0.408 e. The summed E-state index contributed by atoms with van der Waals surface area (Å²) < 4.78 is 6.30. The number of ether oxygens (including phenoxy) is 1. The summed E-state index contributed by atoms with van der Waals surface area (Å²) in [5.74, 6) is -3.64. The van der Waals surface area contributed by atoms with Gasteiger partial charge in [-0.3, -0.25) is 24.0 Å². The van der Waals surface area contributed by atoms with Crippen LogP contribution in [0.5, 0.6) is 0 Å². The Labute approximate surface area is 285 Å². The number of carbonyl (C=O) groups is 6. The molecule has 0 spiro atoms. The molecule has 1 heterocycles. The van der Waals surface area contributed by atoms with Crippen molar-refractivity contribution in [1.82, 2.24) is 26.2 Å². The minimum Gasteiger partial charge on any atom is -0.444 e. The van der Waals surface area contributed by atoms with Crippen molar-refractivity contribution in [1.29, 1.82) is 0 Å². The maximum atomic E-state index is 14.0. The average molecular weight is 719 g/mol. The number of hydrogen-bond acceptors (Lipinski definition) is 7. The molecule has 1 saturated carbocycles. The molecule has 258 valence electrons. The summed E-state index contributed by atoms with van der Waals surface area (Å²) in [7, 11) is 0. The Morgan fingerprint density at radius 1 is 1.02 bits per heavy atom. The fourth-order valence-electron chi connectivity index (χ4n) is 5.98. The highest BCUT2D eigenvalue weighted by Crippen LogP contribution is 2.65. The molecule has 1 aliphatic carbocycles. The topological polar surface area (TPSA) is 163 Å². The summed E-state index contributed by atoms with van der Waals surface area (Å²) in [6, 6.07) is 4.15. The molecule has 1 unspecified atom stereocenters. The summed E-state index contributed by atoms with van der Waals surface area (Å²) in [5, 5.41) is 10.4. The Morgan fingerprint density at radius 2 is 1.64 bits per heavy atom. The number of ketones is 1. The van der Waals surface area contributed by atoms with Crippen molar-refractivity contribution < 1.29 is 33.5 Å². The molecular formula is C34H48BrN5O7. The zero-order valence-corrected chi connectivity index (χ0v) is 30.1. The SMILES string of the molecule is C=CCC(NC(=O)[C@@H]1[C@@H]2[C@H](CN1C(=O)[C@@H](NC(=O)OC(C)(C)C)C(C)(C)C)C2(C)C)C(=O)C(=O)NCC(=O)NCc1ccc(Br)cc1. The molecule has 0 bridgehead atoms. The van der Waals surface area contributed by atoms with Crippen molar-refractivity contribution >= 4 is 51.4 Å². The van der Waals surface area contributed by atoms with Crippen LogP contribution in [0.1, 0.15) is 67.4 Å². The lowest BCUT2D eigenvalue weighted by molar-refractivity contribution is -0.145. The van der Waals surface area contributed by atoms with E-state index >= 15 is 0 Å². The van der Waals surface area contributed by atoms with Crippen molar-refractivity contribution in [3.05, 3.63) is 47.0 Å². The number of hydrogen-bond donors (Lipinski definition) is 4. The van der Waals surface area contributed by atoms with Gasteiger partial charge in [-0.05, 0) is 67.6 Å². The fourth-order valence-corrected chi connectivity index (χ4v) is 6.24. The van der Waals surface area contributed by atoms with E-state index in [4.69, 9.17) is 4.74 Å². The number of Topliss-reactive ketones (excluding diaryl/α,β-unsaturated/α-hetero) is 1. The third-order valence-electron chi connectivity index (χ3n) is 8.61. The standard InChI is InChI=1S/C34H48BrN5O7/c1-10-11-22(26(42)29(44)37-17-23(41)36-16-19-12-14-20(35)15-13-19)38-28(43)25-24-21(34(24,8)9)18-40(25)30(45)27(32(2,3)4)39-31(46)47-33(5,6)7/h10,12-15,21-22,24-25,27H,1,11,16-18H2,2-9H3,(H,36,41)(H,37,44)(H,38,43)(H,39,46)/t21-,22?,24-,25-,27+/m0/s1. The number of nitrogens with one attached hydrogen (secondary N) is 4. The van der Waals surface area contributed by atoms with E-state index in [0.29, 0.717) is 6.54 Å². The Kier molecular flexibility index (Phi) is 11.7. The van der Waals surface area contributed by atoms with Gasteiger partial charge in [0.25, 0.3) is 5.91 Å². The van der Waals surface area contributed by atoms with Crippen LogP contribution in [-0.4, -0.2) is 77.2 Å². The first-order valence-electron chi connectivity index (χ1n) is 15.7. The van der Waals surface area contributed by atoms with Crippen LogP contribution in [0, 0.1) is 22.7 Å². The third-order valence-corrected chi connectivity index (χ3v) is 9.13. The van der Waals surface area contributed by atoms with Crippen molar-refractivity contribution in [2.75, 3.05) is 13.1 Å². The lowest BCUT2D eigenvalue weighted by Crippen LogP contribution is -2.60. The fraction of sp³-hybridized carbons (Fsp3) is 0.588. The molecule has 1 saturated heterocycles. The molecule has 2 aliphatic rings. The second-order valence-corrected chi connectivity index (χ2v) is 15.8.